The molecule has 19 atom stereocenters. The number of fused-ring (bicyclic) bond motifs is 5. The molecule has 0 bridgehead atoms. The molecule has 4 aliphatic heterocycles. The van der Waals surface area contributed by atoms with Crippen molar-refractivity contribution in [2.75, 3.05) is 6.61 Å². The number of aliphatic hydroxyl groups is 5. The standard InChI is InChI=1S/C41H64O14/c1-19-35(46)29(42)16-34(49-19)54-36-20(2)51-38(52-21(36)3)55-37-22(4)50-33(17-30(37)43)53-25-9-11-39(5)24(14-25)7-8-27-28(39)15-31(44)40(6)26(10-12-41(27,40)47)23-13-32(45)48-18-23/h13,19-22,24-31,33-38,42-44,46-47H,7-12,14-18H2,1-6H3. The Bertz CT molecular complexity index is 1410. The van der Waals surface area contributed by atoms with E-state index in [9.17, 15) is 30.3 Å². The van der Waals surface area contributed by atoms with E-state index in [0.29, 0.717) is 18.8 Å². The molecule has 14 nitrogen and oxygen atoms in total. The first-order valence-corrected chi connectivity index (χ1v) is 20.9. The van der Waals surface area contributed by atoms with Crippen molar-refractivity contribution < 1.29 is 68.2 Å². The molecule has 312 valence electrons. The molecule has 0 amide bonds. The van der Waals surface area contributed by atoms with Crippen molar-refractivity contribution in [1.82, 2.24) is 0 Å². The van der Waals surface area contributed by atoms with Gasteiger partial charge in [0.2, 0.25) is 0 Å². The molecule has 19 unspecified atom stereocenters. The predicted octanol–water partition coefficient (Wildman–Crippen LogP) is 2.83. The van der Waals surface area contributed by atoms with E-state index in [4.69, 9.17) is 37.9 Å². The number of esters is 1. The Morgan fingerprint density at radius 2 is 1.38 bits per heavy atom. The first-order chi connectivity index (χ1) is 26.0. The van der Waals surface area contributed by atoms with Crippen LogP contribution >= 0.6 is 0 Å². The number of hydrogen-bond acceptors (Lipinski definition) is 14. The van der Waals surface area contributed by atoms with E-state index in [1.165, 1.54) is 0 Å². The van der Waals surface area contributed by atoms with Crippen LogP contribution in [0.5, 0.6) is 0 Å². The van der Waals surface area contributed by atoms with Crippen LogP contribution in [0.25, 0.3) is 0 Å². The largest absolute Gasteiger partial charge is 0.458 e. The highest BCUT2D eigenvalue weighted by molar-refractivity contribution is 5.85. The minimum absolute atomic E-state index is 0.0368. The summed E-state index contributed by atoms with van der Waals surface area (Å²) in [6.07, 6.45) is 0.358. The van der Waals surface area contributed by atoms with Crippen LogP contribution in [0.2, 0.25) is 0 Å². The average molecular weight is 781 g/mol. The predicted molar refractivity (Wildman–Crippen MR) is 193 cm³/mol. The summed E-state index contributed by atoms with van der Waals surface area (Å²) in [5.74, 6) is 0.230. The zero-order valence-electron chi connectivity index (χ0n) is 33.2. The quantitative estimate of drug-likeness (QED) is 0.187. The summed E-state index contributed by atoms with van der Waals surface area (Å²) in [7, 11) is 0. The third-order valence-electron chi connectivity index (χ3n) is 15.8. The Morgan fingerprint density at radius 3 is 2.05 bits per heavy atom. The lowest BCUT2D eigenvalue weighted by molar-refractivity contribution is -0.410. The van der Waals surface area contributed by atoms with E-state index in [1.807, 2.05) is 27.7 Å². The summed E-state index contributed by atoms with van der Waals surface area (Å²) in [5.41, 5.74) is -0.872. The summed E-state index contributed by atoms with van der Waals surface area (Å²) in [4.78, 5) is 11.9. The SMILES string of the molecule is CC1OC(OC2C(C)OC(OC3C(O)CC(OC4CCC5(C)C(CCC6C5CC(O)C5(C)C(C7=CC(=O)OC7)CCC65O)C4)OC3C)OC2C)CC(O)C1O. The van der Waals surface area contributed by atoms with Gasteiger partial charge in [0, 0.05) is 24.3 Å². The van der Waals surface area contributed by atoms with Gasteiger partial charge in [0.15, 0.2) is 12.6 Å². The van der Waals surface area contributed by atoms with Gasteiger partial charge in [0.1, 0.15) is 24.9 Å². The maximum absolute atomic E-state index is 12.6. The van der Waals surface area contributed by atoms with Crippen LogP contribution in [0.3, 0.4) is 0 Å². The Hall–Kier alpha value is -1.27. The highest BCUT2D eigenvalue weighted by atomic mass is 16.9. The zero-order chi connectivity index (χ0) is 39.2. The van der Waals surface area contributed by atoms with Gasteiger partial charge in [-0.3, -0.25) is 0 Å². The summed E-state index contributed by atoms with van der Waals surface area (Å²) in [6.45, 7) is 10.8. The highest BCUT2D eigenvalue weighted by Gasteiger charge is 2.71. The lowest BCUT2D eigenvalue weighted by Gasteiger charge is -2.65. The number of cyclic esters (lactones) is 1. The number of ether oxygens (including phenoxy) is 8. The van der Waals surface area contributed by atoms with Gasteiger partial charge >= 0.3 is 5.97 Å². The second kappa shape index (κ2) is 15.1. The first kappa shape index (κ1) is 40.5. The smallest absolute Gasteiger partial charge is 0.331 e. The van der Waals surface area contributed by atoms with Crippen LogP contribution in [-0.4, -0.2) is 130 Å². The maximum atomic E-state index is 12.6. The van der Waals surface area contributed by atoms with Gasteiger partial charge < -0.3 is 63.4 Å². The second-order valence-corrected chi connectivity index (χ2v) is 18.7. The molecule has 5 N–H and O–H groups in total. The fourth-order valence-electron chi connectivity index (χ4n) is 12.6. The number of hydrogen-bond donors (Lipinski definition) is 5. The van der Waals surface area contributed by atoms with Crippen LogP contribution in [0.1, 0.15) is 106 Å². The van der Waals surface area contributed by atoms with Crippen molar-refractivity contribution in [1.29, 1.82) is 0 Å². The van der Waals surface area contributed by atoms with E-state index in [1.54, 1.807) is 13.0 Å². The highest BCUT2D eigenvalue weighted by Crippen LogP contribution is 2.70. The van der Waals surface area contributed by atoms with Crippen LogP contribution < -0.4 is 0 Å². The number of rotatable bonds is 7. The van der Waals surface area contributed by atoms with Gasteiger partial charge in [0.05, 0.1) is 54.4 Å². The van der Waals surface area contributed by atoms with E-state index in [0.717, 1.165) is 44.1 Å². The number of carbonyl (C=O) groups excluding carboxylic acids is 1. The minimum atomic E-state index is -1.06. The van der Waals surface area contributed by atoms with Gasteiger partial charge in [-0.2, -0.15) is 0 Å². The third-order valence-corrected chi connectivity index (χ3v) is 15.8. The van der Waals surface area contributed by atoms with E-state index >= 15 is 0 Å². The molecule has 4 heterocycles. The summed E-state index contributed by atoms with van der Waals surface area (Å²) in [6, 6.07) is 0. The van der Waals surface area contributed by atoms with Gasteiger partial charge in [-0.05, 0) is 114 Å². The summed E-state index contributed by atoms with van der Waals surface area (Å²) < 4.78 is 48.2. The fourth-order valence-corrected chi connectivity index (χ4v) is 12.6. The fraction of sp³-hybridized carbons (Fsp3) is 0.927. The van der Waals surface area contributed by atoms with Crippen molar-refractivity contribution >= 4 is 5.97 Å². The second-order valence-electron chi connectivity index (χ2n) is 18.7. The van der Waals surface area contributed by atoms with Gasteiger partial charge in [-0.25, -0.2) is 4.79 Å². The maximum Gasteiger partial charge on any atom is 0.331 e. The van der Waals surface area contributed by atoms with Gasteiger partial charge in [-0.15, -0.1) is 0 Å². The van der Waals surface area contributed by atoms with Gasteiger partial charge in [-0.1, -0.05) is 13.8 Å². The Kier molecular flexibility index (Phi) is 11.1. The molecule has 4 saturated carbocycles. The molecule has 7 fully saturated rings. The zero-order valence-corrected chi connectivity index (χ0v) is 33.2. The molecule has 0 aromatic heterocycles. The molecular formula is C41H64O14. The monoisotopic (exact) mass is 780 g/mol. The number of aliphatic hydroxyl groups excluding tert-OH is 4. The minimum Gasteiger partial charge on any atom is -0.458 e. The van der Waals surface area contributed by atoms with Crippen molar-refractivity contribution in [3.63, 3.8) is 0 Å². The molecule has 8 aliphatic rings. The molecular weight excluding hydrogens is 716 g/mol. The molecule has 4 aliphatic carbocycles. The molecule has 14 heteroatoms. The molecule has 0 aromatic rings. The van der Waals surface area contributed by atoms with Gasteiger partial charge in [0.25, 0.3) is 6.48 Å². The van der Waals surface area contributed by atoms with Crippen molar-refractivity contribution in [3.05, 3.63) is 11.6 Å². The van der Waals surface area contributed by atoms with Crippen LogP contribution in [0.4, 0.5) is 0 Å². The van der Waals surface area contributed by atoms with Crippen molar-refractivity contribution in [2.45, 2.75) is 198 Å². The molecule has 55 heavy (non-hydrogen) atoms. The summed E-state index contributed by atoms with van der Waals surface area (Å²) >= 11 is 0. The molecule has 0 radical (unpaired) electrons. The van der Waals surface area contributed by atoms with Crippen LogP contribution in [0, 0.1) is 34.5 Å². The van der Waals surface area contributed by atoms with Crippen molar-refractivity contribution in [3.8, 4) is 0 Å². The molecule has 0 spiro atoms. The Balaban J connectivity index is 0.837. The third kappa shape index (κ3) is 6.95. The van der Waals surface area contributed by atoms with Crippen LogP contribution in [-0.2, 0) is 42.7 Å². The molecule has 3 saturated heterocycles. The van der Waals surface area contributed by atoms with E-state index in [2.05, 4.69) is 6.92 Å². The summed E-state index contributed by atoms with van der Waals surface area (Å²) in [5, 5.41) is 55.9. The molecule has 0 aromatic carbocycles. The first-order valence-electron chi connectivity index (χ1n) is 20.9. The molecule has 8 rings (SSSR count). The Morgan fingerprint density at radius 1 is 0.709 bits per heavy atom. The topological polar surface area (TPSA) is 192 Å². The van der Waals surface area contributed by atoms with E-state index < -0.39 is 91.1 Å². The Labute approximate surface area is 324 Å². The average Bonchev–Trinajstić information content (AvgIpc) is 3.67. The van der Waals surface area contributed by atoms with E-state index in [-0.39, 0.29) is 54.7 Å². The van der Waals surface area contributed by atoms with Crippen molar-refractivity contribution in [2.24, 2.45) is 34.5 Å². The lowest BCUT2D eigenvalue weighted by Crippen LogP contribution is -2.67. The number of carbonyl (C=O) groups is 1. The van der Waals surface area contributed by atoms with Crippen LogP contribution in [0.15, 0.2) is 11.6 Å². The lowest BCUT2D eigenvalue weighted by atomic mass is 9.42. The normalized spacial score (nSPS) is 55.5.